The highest BCUT2D eigenvalue weighted by atomic mass is 79.9. The summed E-state index contributed by atoms with van der Waals surface area (Å²) in [5.41, 5.74) is 1.04. The van der Waals surface area contributed by atoms with Gasteiger partial charge in [-0.25, -0.2) is 4.79 Å². The van der Waals surface area contributed by atoms with Crippen LogP contribution in [-0.4, -0.2) is 19.2 Å². The molecule has 0 aromatic heterocycles. The fourth-order valence-electron chi connectivity index (χ4n) is 1.57. The molecule has 0 radical (unpaired) electrons. The van der Waals surface area contributed by atoms with Crippen molar-refractivity contribution in [1.82, 2.24) is 0 Å². The number of carbonyl (C=O) groups excluding carboxylic acids is 1. The number of ether oxygens (including phenoxy) is 2. The van der Waals surface area contributed by atoms with E-state index in [1.165, 1.54) is 7.11 Å². The van der Waals surface area contributed by atoms with Crippen LogP contribution in [0.25, 0.3) is 0 Å². The van der Waals surface area contributed by atoms with Gasteiger partial charge in [0.05, 0.1) is 13.7 Å². The molecule has 0 N–H and O–H groups in total. The van der Waals surface area contributed by atoms with E-state index < -0.39 is 6.10 Å². The van der Waals surface area contributed by atoms with E-state index in [0.29, 0.717) is 18.9 Å². The summed E-state index contributed by atoms with van der Waals surface area (Å²) in [6.45, 7) is 4.53. The summed E-state index contributed by atoms with van der Waals surface area (Å²) in [7, 11) is 1.39. The fourth-order valence-corrected chi connectivity index (χ4v) is 1.83. The molecule has 0 bridgehead atoms. The number of methoxy groups -OCH3 is 1. The lowest BCUT2D eigenvalue weighted by Gasteiger charge is -2.17. The normalized spacial score (nSPS) is 12.5. The van der Waals surface area contributed by atoms with E-state index in [4.69, 9.17) is 9.47 Å². The molecule has 1 atom stereocenters. The summed E-state index contributed by atoms with van der Waals surface area (Å²) < 4.78 is 11.4. The molecule has 4 heteroatoms. The second kappa shape index (κ2) is 7.54. The van der Waals surface area contributed by atoms with Crippen LogP contribution in [-0.2, 0) is 20.9 Å². The lowest BCUT2D eigenvalue weighted by atomic mass is 10.1. The predicted molar refractivity (Wildman–Crippen MR) is 74.2 cm³/mol. The Bertz CT molecular complexity index is 373. The molecule has 0 heterocycles. The van der Waals surface area contributed by atoms with E-state index in [0.717, 1.165) is 10.0 Å². The Balaban J connectivity index is 2.55. The first-order chi connectivity index (χ1) is 8.52. The average Bonchev–Trinajstić information content (AvgIpc) is 2.35. The highest BCUT2D eigenvalue weighted by molar-refractivity contribution is 9.10. The molecule has 0 saturated carbocycles. The second-order valence-corrected chi connectivity index (χ2v) is 5.49. The summed E-state index contributed by atoms with van der Waals surface area (Å²) in [6.07, 6.45) is 0.182. The molecule has 3 nitrogen and oxygen atoms in total. The molecule has 0 spiro atoms. The van der Waals surface area contributed by atoms with Crippen molar-refractivity contribution in [2.45, 2.75) is 33.0 Å². The van der Waals surface area contributed by atoms with Gasteiger partial charge in [-0.2, -0.15) is 0 Å². The molecule has 0 saturated heterocycles. The van der Waals surface area contributed by atoms with Gasteiger partial charge in [0.25, 0.3) is 0 Å². The van der Waals surface area contributed by atoms with Crippen LogP contribution < -0.4 is 0 Å². The number of esters is 1. The van der Waals surface area contributed by atoms with Crippen molar-refractivity contribution in [2.24, 2.45) is 5.92 Å². The minimum absolute atomic E-state index is 0.305. The molecule has 1 unspecified atom stereocenters. The maximum Gasteiger partial charge on any atom is 0.334 e. The Morgan fingerprint density at radius 2 is 1.89 bits per heavy atom. The van der Waals surface area contributed by atoms with E-state index in [1.807, 2.05) is 24.3 Å². The molecule has 1 rings (SSSR count). The summed E-state index contributed by atoms with van der Waals surface area (Å²) >= 11 is 3.38. The first-order valence-corrected chi connectivity index (χ1v) is 6.76. The Morgan fingerprint density at radius 3 is 2.39 bits per heavy atom. The monoisotopic (exact) mass is 314 g/mol. The van der Waals surface area contributed by atoms with Crippen molar-refractivity contribution < 1.29 is 14.3 Å². The predicted octanol–water partition coefficient (Wildman–Crippen LogP) is 3.55. The topological polar surface area (TPSA) is 35.5 Å². The van der Waals surface area contributed by atoms with Crippen LogP contribution >= 0.6 is 15.9 Å². The second-order valence-electron chi connectivity index (χ2n) is 4.58. The zero-order valence-electron chi connectivity index (χ0n) is 11.0. The Morgan fingerprint density at radius 1 is 1.28 bits per heavy atom. The standard InChI is InChI=1S/C14H19BrO3/c1-10(2)8-13(14(16)17-3)18-9-11-4-6-12(15)7-5-11/h4-7,10,13H,8-9H2,1-3H3. The van der Waals surface area contributed by atoms with Crippen molar-refractivity contribution in [3.8, 4) is 0 Å². The molecule has 18 heavy (non-hydrogen) atoms. The lowest BCUT2D eigenvalue weighted by Crippen LogP contribution is -2.27. The number of carbonyl (C=O) groups is 1. The molecule has 1 aromatic carbocycles. The van der Waals surface area contributed by atoms with Gasteiger partial charge in [0.1, 0.15) is 0 Å². The number of halogens is 1. The fraction of sp³-hybridized carbons (Fsp3) is 0.500. The zero-order chi connectivity index (χ0) is 13.5. The molecule has 0 fully saturated rings. The van der Waals surface area contributed by atoms with E-state index in [9.17, 15) is 4.79 Å². The highest BCUT2D eigenvalue weighted by Gasteiger charge is 2.21. The lowest BCUT2D eigenvalue weighted by molar-refractivity contribution is -0.156. The van der Waals surface area contributed by atoms with Gasteiger partial charge >= 0.3 is 5.97 Å². The first kappa shape index (κ1) is 15.2. The van der Waals surface area contributed by atoms with Crippen LogP contribution in [0.15, 0.2) is 28.7 Å². The van der Waals surface area contributed by atoms with E-state index in [1.54, 1.807) is 0 Å². The van der Waals surface area contributed by atoms with Gasteiger partial charge in [0.2, 0.25) is 0 Å². The highest BCUT2D eigenvalue weighted by Crippen LogP contribution is 2.15. The molecular formula is C14H19BrO3. The van der Waals surface area contributed by atoms with E-state index in [-0.39, 0.29) is 5.97 Å². The molecule has 100 valence electrons. The zero-order valence-corrected chi connectivity index (χ0v) is 12.6. The van der Waals surface area contributed by atoms with Crippen molar-refractivity contribution in [2.75, 3.05) is 7.11 Å². The SMILES string of the molecule is COC(=O)C(CC(C)C)OCc1ccc(Br)cc1. The van der Waals surface area contributed by atoms with Crippen molar-refractivity contribution in [1.29, 1.82) is 0 Å². The molecule has 1 aromatic rings. The summed E-state index contributed by atoms with van der Waals surface area (Å²) in [6, 6.07) is 7.84. The Hall–Kier alpha value is -0.870. The third-order valence-corrected chi connectivity index (χ3v) is 3.04. The van der Waals surface area contributed by atoms with Gasteiger partial charge in [-0.1, -0.05) is 41.9 Å². The molecular weight excluding hydrogens is 296 g/mol. The van der Waals surface area contributed by atoms with Crippen molar-refractivity contribution in [3.05, 3.63) is 34.3 Å². The molecule has 0 aliphatic heterocycles. The van der Waals surface area contributed by atoms with Gasteiger partial charge in [-0.05, 0) is 30.0 Å². The van der Waals surface area contributed by atoms with Crippen LogP contribution in [0, 0.1) is 5.92 Å². The minimum atomic E-state index is -0.487. The van der Waals surface area contributed by atoms with Crippen LogP contribution in [0.2, 0.25) is 0 Å². The molecule has 0 aliphatic rings. The largest absolute Gasteiger partial charge is 0.467 e. The van der Waals surface area contributed by atoms with Crippen molar-refractivity contribution >= 4 is 21.9 Å². The van der Waals surface area contributed by atoms with Crippen LogP contribution in [0.5, 0.6) is 0 Å². The van der Waals surface area contributed by atoms with Crippen LogP contribution in [0.4, 0.5) is 0 Å². The maximum atomic E-state index is 11.6. The maximum absolute atomic E-state index is 11.6. The third kappa shape index (κ3) is 5.19. The average molecular weight is 315 g/mol. The summed E-state index contributed by atoms with van der Waals surface area (Å²) in [5.74, 6) is 0.0832. The number of hydrogen-bond donors (Lipinski definition) is 0. The van der Waals surface area contributed by atoms with Gasteiger partial charge in [0, 0.05) is 4.47 Å². The van der Waals surface area contributed by atoms with Crippen LogP contribution in [0.3, 0.4) is 0 Å². The number of hydrogen-bond acceptors (Lipinski definition) is 3. The third-order valence-electron chi connectivity index (χ3n) is 2.51. The first-order valence-electron chi connectivity index (χ1n) is 5.96. The Kier molecular flexibility index (Phi) is 6.36. The quantitative estimate of drug-likeness (QED) is 0.753. The van der Waals surface area contributed by atoms with E-state index in [2.05, 4.69) is 29.8 Å². The van der Waals surface area contributed by atoms with E-state index >= 15 is 0 Å². The van der Waals surface area contributed by atoms with Gasteiger partial charge in [-0.3, -0.25) is 0 Å². The molecule has 0 aliphatic carbocycles. The Labute approximate surface area is 117 Å². The van der Waals surface area contributed by atoms with Crippen molar-refractivity contribution in [3.63, 3.8) is 0 Å². The van der Waals surface area contributed by atoms with Crippen LogP contribution in [0.1, 0.15) is 25.8 Å². The number of rotatable bonds is 6. The summed E-state index contributed by atoms with van der Waals surface area (Å²) in [4.78, 5) is 11.6. The minimum Gasteiger partial charge on any atom is -0.467 e. The number of benzene rings is 1. The summed E-state index contributed by atoms with van der Waals surface area (Å²) in [5, 5.41) is 0. The van der Waals surface area contributed by atoms with Gasteiger partial charge in [0.15, 0.2) is 6.10 Å². The van der Waals surface area contributed by atoms with Gasteiger partial charge in [-0.15, -0.1) is 0 Å². The van der Waals surface area contributed by atoms with Gasteiger partial charge < -0.3 is 9.47 Å². The smallest absolute Gasteiger partial charge is 0.334 e. The molecule has 0 amide bonds.